The normalized spacial score (nSPS) is 33.9. The Balaban J connectivity index is 2.67. The Morgan fingerprint density at radius 3 is 2.47 bits per heavy atom. The highest BCUT2D eigenvalue weighted by atomic mass is 16.3. The van der Waals surface area contributed by atoms with Gasteiger partial charge in [-0.1, -0.05) is 26.8 Å². The van der Waals surface area contributed by atoms with Crippen molar-refractivity contribution in [3.63, 3.8) is 0 Å². The maximum atomic E-state index is 9.48. The van der Waals surface area contributed by atoms with E-state index in [0.29, 0.717) is 11.3 Å². The van der Waals surface area contributed by atoms with Gasteiger partial charge in [0.1, 0.15) is 0 Å². The number of allylic oxidation sites excluding steroid dienone is 1. The molecule has 3 unspecified atom stereocenters. The second-order valence-corrected chi connectivity index (χ2v) is 6.26. The number of aliphatic hydroxyl groups is 1. The molecule has 0 bridgehead atoms. The van der Waals surface area contributed by atoms with Gasteiger partial charge >= 0.3 is 0 Å². The third-order valence-corrected chi connectivity index (χ3v) is 3.58. The summed E-state index contributed by atoms with van der Waals surface area (Å²) in [5, 5.41) is 9.48. The number of rotatable bonds is 2. The molecule has 1 aliphatic rings. The molecule has 1 N–H and O–H groups in total. The van der Waals surface area contributed by atoms with E-state index in [1.165, 1.54) is 19.3 Å². The molecule has 0 saturated heterocycles. The Morgan fingerprint density at radius 2 is 2.00 bits per heavy atom. The van der Waals surface area contributed by atoms with Crippen LogP contribution in [-0.2, 0) is 0 Å². The van der Waals surface area contributed by atoms with Crippen molar-refractivity contribution in [3.8, 4) is 0 Å². The first-order valence-electron chi connectivity index (χ1n) is 6.16. The smallest absolute Gasteiger partial charge is 0.0719 e. The lowest BCUT2D eigenvalue weighted by Crippen LogP contribution is -2.27. The molecule has 1 rings (SSSR count). The zero-order valence-electron chi connectivity index (χ0n) is 10.9. The molecule has 1 fully saturated rings. The molecule has 0 radical (unpaired) electrons. The lowest BCUT2D eigenvalue weighted by atomic mass is 9.68. The summed E-state index contributed by atoms with van der Waals surface area (Å²) in [7, 11) is 0. The van der Waals surface area contributed by atoms with Crippen molar-refractivity contribution in [3.05, 3.63) is 11.6 Å². The van der Waals surface area contributed by atoms with Gasteiger partial charge in [0.25, 0.3) is 0 Å². The Kier molecular flexibility index (Phi) is 3.99. The fourth-order valence-corrected chi connectivity index (χ4v) is 3.06. The van der Waals surface area contributed by atoms with E-state index in [0.717, 1.165) is 11.5 Å². The van der Waals surface area contributed by atoms with Crippen LogP contribution < -0.4 is 0 Å². The third-order valence-electron chi connectivity index (χ3n) is 3.58. The minimum Gasteiger partial charge on any atom is -0.389 e. The van der Waals surface area contributed by atoms with Crippen molar-refractivity contribution in [2.75, 3.05) is 0 Å². The van der Waals surface area contributed by atoms with Crippen LogP contribution >= 0.6 is 0 Å². The fourth-order valence-electron chi connectivity index (χ4n) is 3.06. The zero-order chi connectivity index (χ0) is 11.6. The lowest BCUT2D eigenvalue weighted by Gasteiger charge is -2.38. The second kappa shape index (κ2) is 4.69. The van der Waals surface area contributed by atoms with Crippen LogP contribution in [0.1, 0.15) is 53.9 Å². The number of hydrogen-bond acceptors (Lipinski definition) is 1. The predicted molar refractivity (Wildman–Crippen MR) is 65.7 cm³/mol. The molecule has 1 heteroatoms. The molecular formula is C14H26O. The van der Waals surface area contributed by atoms with Gasteiger partial charge in [-0.2, -0.15) is 0 Å². The van der Waals surface area contributed by atoms with Crippen molar-refractivity contribution >= 4 is 0 Å². The van der Waals surface area contributed by atoms with E-state index in [1.54, 1.807) is 0 Å². The van der Waals surface area contributed by atoms with Crippen molar-refractivity contribution < 1.29 is 5.11 Å². The Labute approximate surface area is 94.6 Å². The van der Waals surface area contributed by atoms with Crippen molar-refractivity contribution in [2.45, 2.75) is 60.0 Å². The first-order valence-corrected chi connectivity index (χ1v) is 6.16. The van der Waals surface area contributed by atoms with Gasteiger partial charge in [-0.25, -0.2) is 0 Å². The molecule has 88 valence electrons. The van der Waals surface area contributed by atoms with Crippen LogP contribution in [0.15, 0.2) is 11.6 Å². The minimum atomic E-state index is -0.287. The molecule has 0 aliphatic heterocycles. The van der Waals surface area contributed by atoms with Gasteiger partial charge in [0, 0.05) is 0 Å². The van der Waals surface area contributed by atoms with E-state index >= 15 is 0 Å². The van der Waals surface area contributed by atoms with Gasteiger partial charge in [0.15, 0.2) is 0 Å². The highest BCUT2D eigenvalue weighted by Crippen LogP contribution is 2.42. The molecule has 1 nitrogen and oxygen atoms in total. The lowest BCUT2D eigenvalue weighted by molar-refractivity contribution is 0.154. The standard InChI is InChI=1S/C14H26O/c1-10-6-13(7-11(2)12(3)15)9-14(4,5)8-10/h7,10,12-13,15H,6,8-9H2,1-5H3. The molecule has 1 aliphatic carbocycles. The average molecular weight is 210 g/mol. The largest absolute Gasteiger partial charge is 0.389 e. The van der Waals surface area contributed by atoms with E-state index in [1.807, 2.05) is 13.8 Å². The zero-order valence-corrected chi connectivity index (χ0v) is 10.9. The van der Waals surface area contributed by atoms with Gasteiger partial charge in [-0.15, -0.1) is 0 Å². The minimum absolute atomic E-state index is 0.287. The molecule has 15 heavy (non-hydrogen) atoms. The topological polar surface area (TPSA) is 20.2 Å². The highest BCUT2D eigenvalue weighted by molar-refractivity contribution is 5.07. The summed E-state index contributed by atoms with van der Waals surface area (Å²) in [6.07, 6.45) is 5.90. The molecule has 0 spiro atoms. The number of hydrogen-bond donors (Lipinski definition) is 1. The quantitative estimate of drug-likeness (QED) is 0.688. The maximum Gasteiger partial charge on any atom is 0.0719 e. The van der Waals surface area contributed by atoms with Crippen molar-refractivity contribution in [1.29, 1.82) is 0 Å². The monoisotopic (exact) mass is 210 g/mol. The fraction of sp³-hybridized carbons (Fsp3) is 0.857. The molecule has 0 amide bonds. The van der Waals surface area contributed by atoms with Crippen LogP contribution in [0.5, 0.6) is 0 Å². The SMILES string of the molecule is CC(=CC1CC(C)CC(C)(C)C1)C(C)O. The van der Waals surface area contributed by atoms with Crippen LogP contribution in [0.25, 0.3) is 0 Å². The Morgan fingerprint density at radius 1 is 1.40 bits per heavy atom. The molecule has 0 aromatic heterocycles. The molecular weight excluding hydrogens is 184 g/mol. The average Bonchev–Trinajstić information content (AvgIpc) is 1.99. The van der Waals surface area contributed by atoms with Crippen LogP contribution in [0.3, 0.4) is 0 Å². The first-order chi connectivity index (χ1) is 6.80. The summed E-state index contributed by atoms with van der Waals surface area (Å²) >= 11 is 0. The summed E-state index contributed by atoms with van der Waals surface area (Å²) in [5.74, 6) is 1.48. The van der Waals surface area contributed by atoms with E-state index in [4.69, 9.17) is 0 Å². The molecule has 0 aromatic carbocycles. The summed E-state index contributed by atoms with van der Waals surface area (Å²) in [4.78, 5) is 0. The van der Waals surface area contributed by atoms with E-state index in [2.05, 4.69) is 26.8 Å². The van der Waals surface area contributed by atoms with Gasteiger partial charge in [-0.05, 0) is 55.9 Å². The summed E-state index contributed by atoms with van der Waals surface area (Å²) in [6, 6.07) is 0. The number of aliphatic hydroxyl groups excluding tert-OH is 1. The molecule has 3 atom stereocenters. The highest BCUT2D eigenvalue weighted by Gasteiger charge is 2.30. The van der Waals surface area contributed by atoms with Gasteiger partial charge in [-0.3, -0.25) is 0 Å². The van der Waals surface area contributed by atoms with Gasteiger partial charge < -0.3 is 5.11 Å². The molecule has 0 heterocycles. The van der Waals surface area contributed by atoms with E-state index in [9.17, 15) is 5.11 Å². The van der Waals surface area contributed by atoms with E-state index < -0.39 is 0 Å². The first kappa shape index (κ1) is 12.8. The van der Waals surface area contributed by atoms with Crippen molar-refractivity contribution in [2.24, 2.45) is 17.3 Å². The molecule has 0 aromatic rings. The van der Waals surface area contributed by atoms with Crippen LogP contribution in [0, 0.1) is 17.3 Å². The van der Waals surface area contributed by atoms with Crippen molar-refractivity contribution in [1.82, 2.24) is 0 Å². The predicted octanol–water partition coefficient (Wildman–Crippen LogP) is 3.78. The van der Waals surface area contributed by atoms with Crippen LogP contribution in [-0.4, -0.2) is 11.2 Å². The Hall–Kier alpha value is -0.300. The van der Waals surface area contributed by atoms with Crippen LogP contribution in [0.2, 0.25) is 0 Å². The summed E-state index contributed by atoms with van der Waals surface area (Å²) in [6.45, 7) is 11.0. The second-order valence-electron chi connectivity index (χ2n) is 6.26. The maximum absolute atomic E-state index is 9.48. The van der Waals surface area contributed by atoms with Gasteiger partial charge in [0.2, 0.25) is 0 Å². The molecule has 1 saturated carbocycles. The summed E-state index contributed by atoms with van der Waals surface area (Å²) < 4.78 is 0. The third kappa shape index (κ3) is 3.98. The van der Waals surface area contributed by atoms with Crippen LogP contribution in [0.4, 0.5) is 0 Å². The van der Waals surface area contributed by atoms with Gasteiger partial charge in [0.05, 0.1) is 6.10 Å². The van der Waals surface area contributed by atoms with E-state index in [-0.39, 0.29) is 6.10 Å². The summed E-state index contributed by atoms with van der Waals surface area (Å²) in [5.41, 5.74) is 1.60. The Bertz CT molecular complexity index is 238.